The molecule has 6 heteroatoms. The first-order chi connectivity index (χ1) is 11.3. The standard InChI is InChI=1S/C17H18N4OS/c22-16(15-12-23-17-18-8-11-21(15)17)19-13-4-6-14(7-5-13)20-9-2-1-3-10-20/h4-8,11-12H,1-3,9-10H2,(H,19,22). The Balaban J connectivity index is 1.48. The monoisotopic (exact) mass is 326 g/mol. The van der Waals surface area contributed by atoms with Crippen LogP contribution in [-0.4, -0.2) is 28.4 Å². The second-order valence-corrected chi connectivity index (χ2v) is 6.59. The Bertz CT molecular complexity index is 815. The lowest BCUT2D eigenvalue weighted by atomic mass is 10.1. The molecule has 0 spiro atoms. The van der Waals surface area contributed by atoms with Crippen LogP contribution in [0, 0.1) is 0 Å². The number of rotatable bonds is 3. The zero-order chi connectivity index (χ0) is 15.6. The van der Waals surface area contributed by atoms with E-state index >= 15 is 0 Å². The van der Waals surface area contributed by atoms with E-state index in [1.165, 1.54) is 36.3 Å². The molecule has 1 fully saturated rings. The number of piperidine rings is 1. The number of benzene rings is 1. The summed E-state index contributed by atoms with van der Waals surface area (Å²) < 4.78 is 1.81. The van der Waals surface area contributed by atoms with E-state index in [4.69, 9.17) is 0 Å². The van der Waals surface area contributed by atoms with Crippen LogP contribution in [0.15, 0.2) is 42.0 Å². The highest BCUT2D eigenvalue weighted by Crippen LogP contribution is 2.22. The number of anilines is 2. The quantitative estimate of drug-likeness (QED) is 0.799. The maximum absolute atomic E-state index is 12.4. The van der Waals surface area contributed by atoms with E-state index < -0.39 is 0 Å². The van der Waals surface area contributed by atoms with Crippen molar-refractivity contribution < 1.29 is 4.79 Å². The van der Waals surface area contributed by atoms with Crippen molar-refractivity contribution in [1.82, 2.24) is 9.38 Å². The number of aromatic nitrogens is 2. The van der Waals surface area contributed by atoms with Crippen LogP contribution in [0.5, 0.6) is 0 Å². The van der Waals surface area contributed by atoms with Crippen LogP contribution in [0.2, 0.25) is 0 Å². The molecule has 0 aliphatic carbocycles. The van der Waals surface area contributed by atoms with Crippen molar-refractivity contribution in [3.05, 3.63) is 47.7 Å². The fraction of sp³-hybridized carbons (Fsp3) is 0.294. The van der Waals surface area contributed by atoms with Gasteiger partial charge in [0, 0.05) is 42.2 Å². The number of amides is 1. The predicted octanol–water partition coefficient (Wildman–Crippen LogP) is 3.64. The third-order valence-corrected chi connectivity index (χ3v) is 5.08. The van der Waals surface area contributed by atoms with E-state index in [1.807, 2.05) is 21.9 Å². The summed E-state index contributed by atoms with van der Waals surface area (Å²) in [6, 6.07) is 8.11. The molecule has 0 unspecified atom stereocenters. The topological polar surface area (TPSA) is 49.6 Å². The maximum atomic E-state index is 12.4. The number of nitrogens with zero attached hydrogens (tertiary/aromatic N) is 3. The molecule has 4 rings (SSSR count). The summed E-state index contributed by atoms with van der Waals surface area (Å²) in [6.07, 6.45) is 7.36. The third-order valence-electron chi connectivity index (χ3n) is 4.22. The van der Waals surface area contributed by atoms with Gasteiger partial charge in [0.25, 0.3) is 5.91 Å². The fourth-order valence-electron chi connectivity index (χ4n) is 2.99. The van der Waals surface area contributed by atoms with Gasteiger partial charge >= 0.3 is 0 Å². The first-order valence-electron chi connectivity index (χ1n) is 7.88. The number of carbonyl (C=O) groups excluding carboxylic acids is 1. The van der Waals surface area contributed by atoms with Gasteiger partial charge in [-0.25, -0.2) is 4.98 Å². The molecule has 0 bridgehead atoms. The lowest BCUT2D eigenvalue weighted by molar-refractivity contribution is 0.102. The highest BCUT2D eigenvalue weighted by molar-refractivity contribution is 7.15. The largest absolute Gasteiger partial charge is 0.372 e. The van der Waals surface area contributed by atoms with Crippen LogP contribution in [0.4, 0.5) is 11.4 Å². The Labute approximate surface area is 138 Å². The van der Waals surface area contributed by atoms with E-state index in [0.29, 0.717) is 5.69 Å². The van der Waals surface area contributed by atoms with Crippen LogP contribution >= 0.6 is 11.3 Å². The van der Waals surface area contributed by atoms with Crippen molar-refractivity contribution in [2.24, 2.45) is 0 Å². The van der Waals surface area contributed by atoms with Gasteiger partial charge in [0.2, 0.25) is 0 Å². The number of nitrogens with one attached hydrogen (secondary N) is 1. The molecule has 1 amide bonds. The van der Waals surface area contributed by atoms with Crippen molar-refractivity contribution in [1.29, 1.82) is 0 Å². The molecule has 3 heterocycles. The fourth-order valence-corrected chi connectivity index (χ4v) is 3.82. The summed E-state index contributed by atoms with van der Waals surface area (Å²) in [5, 5.41) is 4.79. The van der Waals surface area contributed by atoms with Gasteiger partial charge < -0.3 is 10.2 Å². The summed E-state index contributed by atoms with van der Waals surface area (Å²) >= 11 is 1.47. The number of imidazole rings is 1. The number of carbonyl (C=O) groups is 1. The molecule has 1 saturated heterocycles. The van der Waals surface area contributed by atoms with E-state index in [1.54, 1.807) is 12.4 Å². The smallest absolute Gasteiger partial charge is 0.273 e. The molecule has 1 aliphatic heterocycles. The van der Waals surface area contributed by atoms with Crippen LogP contribution < -0.4 is 10.2 Å². The second-order valence-electron chi connectivity index (χ2n) is 5.75. The minimum atomic E-state index is -0.111. The Morgan fingerprint density at radius 3 is 2.70 bits per heavy atom. The van der Waals surface area contributed by atoms with E-state index in [9.17, 15) is 4.79 Å². The van der Waals surface area contributed by atoms with Gasteiger partial charge in [-0.05, 0) is 43.5 Å². The molecule has 1 aliphatic rings. The number of hydrogen-bond acceptors (Lipinski definition) is 4. The molecule has 0 atom stereocenters. The minimum Gasteiger partial charge on any atom is -0.372 e. The molecule has 3 aromatic rings. The van der Waals surface area contributed by atoms with Gasteiger partial charge in [0.15, 0.2) is 4.96 Å². The summed E-state index contributed by atoms with van der Waals surface area (Å²) in [6.45, 7) is 2.25. The Hall–Kier alpha value is -2.34. The SMILES string of the molecule is O=C(Nc1ccc(N2CCCCC2)cc1)c1csc2nccn12. The van der Waals surface area contributed by atoms with Gasteiger partial charge in [0.1, 0.15) is 5.69 Å². The predicted molar refractivity (Wildman–Crippen MR) is 93.5 cm³/mol. The summed E-state index contributed by atoms with van der Waals surface area (Å²) in [5.74, 6) is -0.111. The van der Waals surface area contributed by atoms with Crippen LogP contribution in [-0.2, 0) is 0 Å². The van der Waals surface area contributed by atoms with Gasteiger partial charge in [-0.2, -0.15) is 0 Å². The lowest BCUT2D eigenvalue weighted by Crippen LogP contribution is -2.29. The van der Waals surface area contributed by atoms with E-state index in [2.05, 4.69) is 27.3 Å². The molecule has 1 N–H and O–H groups in total. The van der Waals surface area contributed by atoms with Crippen molar-refractivity contribution in [2.45, 2.75) is 19.3 Å². The van der Waals surface area contributed by atoms with Gasteiger partial charge in [-0.3, -0.25) is 9.20 Å². The highest BCUT2D eigenvalue weighted by Gasteiger charge is 2.14. The maximum Gasteiger partial charge on any atom is 0.273 e. The lowest BCUT2D eigenvalue weighted by Gasteiger charge is -2.28. The zero-order valence-electron chi connectivity index (χ0n) is 12.7. The van der Waals surface area contributed by atoms with Crippen molar-refractivity contribution >= 4 is 33.6 Å². The second kappa shape index (κ2) is 6.04. The molecule has 23 heavy (non-hydrogen) atoms. The van der Waals surface area contributed by atoms with Crippen molar-refractivity contribution in [3.63, 3.8) is 0 Å². The average molecular weight is 326 g/mol. The van der Waals surface area contributed by atoms with Crippen LogP contribution in [0.3, 0.4) is 0 Å². The number of hydrogen-bond donors (Lipinski definition) is 1. The molecule has 5 nitrogen and oxygen atoms in total. The normalized spacial score (nSPS) is 15.0. The number of fused-ring (bicyclic) bond motifs is 1. The van der Waals surface area contributed by atoms with Crippen LogP contribution in [0.25, 0.3) is 4.96 Å². The molecule has 1 aromatic carbocycles. The van der Waals surface area contributed by atoms with Crippen molar-refractivity contribution in [2.75, 3.05) is 23.3 Å². The first kappa shape index (κ1) is 14.3. The zero-order valence-corrected chi connectivity index (χ0v) is 13.6. The molecular weight excluding hydrogens is 308 g/mol. The summed E-state index contributed by atoms with van der Waals surface area (Å²) in [5.41, 5.74) is 2.66. The molecule has 0 radical (unpaired) electrons. The average Bonchev–Trinajstić information content (AvgIpc) is 3.19. The van der Waals surface area contributed by atoms with Crippen LogP contribution in [0.1, 0.15) is 29.8 Å². The molecular formula is C17H18N4OS. The third kappa shape index (κ3) is 2.82. The van der Waals surface area contributed by atoms with E-state index in [0.717, 1.165) is 23.7 Å². The summed E-state index contributed by atoms with van der Waals surface area (Å²) in [4.78, 5) is 19.8. The molecule has 2 aromatic heterocycles. The van der Waals surface area contributed by atoms with Gasteiger partial charge in [-0.15, -0.1) is 11.3 Å². The number of thiazole rings is 1. The summed E-state index contributed by atoms with van der Waals surface area (Å²) in [7, 11) is 0. The van der Waals surface area contributed by atoms with Gasteiger partial charge in [-0.1, -0.05) is 0 Å². The Kier molecular flexibility index (Phi) is 3.75. The Morgan fingerprint density at radius 2 is 1.91 bits per heavy atom. The minimum absolute atomic E-state index is 0.111. The highest BCUT2D eigenvalue weighted by atomic mass is 32.1. The van der Waals surface area contributed by atoms with E-state index in [-0.39, 0.29) is 5.91 Å². The molecule has 0 saturated carbocycles. The first-order valence-corrected chi connectivity index (χ1v) is 8.76. The molecule has 118 valence electrons. The van der Waals surface area contributed by atoms with Gasteiger partial charge in [0.05, 0.1) is 0 Å². The Morgan fingerprint density at radius 1 is 1.13 bits per heavy atom. The van der Waals surface area contributed by atoms with Crippen molar-refractivity contribution in [3.8, 4) is 0 Å².